The number of aliphatic hydroxyl groups is 2. The van der Waals surface area contributed by atoms with Gasteiger partial charge in [-0.2, -0.15) is 0 Å². The van der Waals surface area contributed by atoms with Gasteiger partial charge in [0.2, 0.25) is 0 Å². The zero-order chi connectivity index (χ0) is 14.8. The van der Waals surface area contributed by atoms with E-state index in [4.69, 9.17) is 4.74 Å². The first-order chi connectivity index (χ1) is 9.65. The summed E-state index contributed by atoms with van der Waals surface area (Å²) in [5, 5.41) is 22.1. The highest BCUT2D eigenvalue weighted by Gasteiger charge is 2.14. The van der Waals surface area contributed by atoms with Gasteiger partial charge in [-0.25, -0.2) is 0 Å². The average molecular weight is 281 g/mol. The first kappa shape index (κ1) is 16.6. The van der Waals surface area contributed by atoms with Crippen LogP contribution in [0.15, 0.2) is 30.3 Å². The van der Waals surface area contributed by atoms with Gasteiger partial charge in [0.1, 0.15) is 0 Å². The van der Waals surface area contributed by atoms with Crippen LogP contribution in [-0.4, -0.2) is 48.1 Å². The van der Waals surface area contributed by atoms with E-state index >= 15 is 0 Å². The number of carbonyl (C=O) groups excluding carboxylic acids is 1. The lowest BCUT2D eigenvalue weighted by atomic mass is 10.1. The molecule has 0 fully saturated rings. The van der Waals surface area contributed by atoms with Crippen LogP contribution in [0.25, 0.3) is 0 Å². The lowest BCUT2D eigenvalue weighted by Gasteiger charge is -2.18. The Hall–Kier alpha value is -1.43. The molecule has 0 amide bonds. The van der Waals surface area contributed by atoms with Crippen LogP contribution in [0.5, 0.6) is 0 Å². The maximum atomic E-state index is 11.2. The maximum absolute atomic E-state index is 11.2. The molecular weight excluding hydrogens is 258 g/mol. The van der Waals surface area contributed by atoms with Crippen LogP contribution < -0.4 is 5.32 Å². The van der Waals surface area contributed by atoms with E-state index in [0.29, 0.717) is 13.0 Å². The standard InChI is InChI=1S/C15H23NO4/c1-2-20-15(19)9-14(18)10-16-13(11-17)8-12-6-4-3-5-7-12/h3-7,13-14,16-18H,2,8-11H2,1H3. The third-order valence-corrected chi connectivity index (χ3v) is 2.90. The van der Waals surface area contributed by atoms with E-state index < -0.39 is 12.1 Å². The van der Waals surface area contributed by atoms with Crippen molar-refractivity contribution in [3.05, 3.63) is 35.9 Å². The molecule has 2 atom stereocenters. The largest absolute Gasteiger partial charge is 0.466 e. The molecule has 0 aliphatic rings. The van der Waals surface area contributed by atoms with E-state index in [9.17, 15) is 15.0 Å². The Labute approximate surface area is 119 Å². The van der Waals surface area contributed by atoms with Crippen molar-refractivity contribution in [3.63, 3.8) is 0 Å². The fourth-order valence-electron chi connectivity index (χ4n) is 1.89. The van der Waals surface area contributed by atoms with Crippen LogP contribution in [-0.2, 0) is 16.0 Å². The molecule has 3 N–H and O–H groups in total. The maximum Gasteiger partial charge on any atom is 0.308 e. The number of rotatable bonds is 9. The topological polar surface area (TPSA) is 78.8 Å². The van der Waals surface area contributed by atoms with Crippen molar-refractivity contribution >= 4 is 5.97 Å². The first-order valence-corrected chi connectivity index (χ1v) is 6.87. The number of hydrogen-bond acceptors (Lipinski definition) is 5. The van der Waals surface area contributed by atoms with Gasteiger partial charge < -0.3 is 20.3 Å². The van der Waals surface area contributed by atoms with Crippen LogP contribution in [0, 0.1) is 0 Å². The van der Waals surface area contributed by atoms with Crippen molar-refractivity contribution in [2.24, 2.45) is 0 Å². The molecule has 5 heteroatoms. The second kappa shape index (κ2) is 9.47. The predicted octanol–water partition coefficient (Wildman–Crippen LogP) is 0.494. The number of aliphatic hydroxyl groups excluding tert-OH is 2. The first-order valence-electron chi connectivity index (χ1n) is 6.87. The van der Waals surface area contributed by atoms with Gasteiger partial charge in [-0.3, -0.25) is 4.79 Å². The van der Waals surface area contributed by atoms with Gasteiger partial charge in [-0.15, -0.1) is 0 Å². The average Bonchev–Trinajstić information content (AvgIpc) is 2.44. The molecule has 0 radical (unpaired) electrons. The Kier molecular flexibility index (Phi) is 7.87. The predicted molar refractivity (Wildman–Crippen MR) is 76.3 cm³/mol. The van der Waals surface area contributed by atoms with E-state index in [1.54, 1.807) is 6.92 Å². The van der Waals surface area contributed by atoms with E-state index in [1.165, 1.54) is 0 Å². The summed E-state index contributed by atoms with van der Waals surface area (Å²) < 4.78 is 4.77. The van der Waals surface area contributed by atoms with Crippen molar-refractivity contribution in [2.45, 2.75) is 31.9 Å². The summed E-state index contributed by atoms with van der Waals surface area (Å²) in [4.78, 5) is 11.2. The molecule has 0 spiro atoms. The van der Waals surface area contributed by atoms with Gasteiger partial charge in [0.25, 0.3) is 0 Å². The molecule has 1 rings (SSSR count). The minimum Gasteiger partial charge on any atom is -0.466 e. The monoisotopic (exact) mass is 281 g/mol. The van der Waals surface area contributed by atoms with E-state index in [2.05, 4.69) is 5.32 Å². The molecule has 1 aromatic carbocycles. The minimum atomic E-state index is -0.807. The van der Waals surface area contributed by atoms with Crippen LogP contribution in [0.4, 0.5) is 0 Å². The third kappa shape index (κ3) is 6.65. The SMILES string of the molecule is CCOC(=O)CC(O)CNC(CO)Cc1ccccc1. The molecule has 0 aliphatic heterocycles. The third-order valence-electron chi connectivity index (χ3n) is 2.90. The highest BCUT2D eigenvalue weighted by Crippen LogP contribution is 2.03. The zero-order valence-electron chi connectivity index (χ0n) is 11.8. The molecular formula is C15H23NO4. The van der Waals surface area contributed by atoms with Gasteiger partial charge >= 0.3 is 5.97 Å². The Morgan fingerprint density at radius 1 is 1.35 bits per heavy atom. The van der Waals surface area contributed by atoms with Gasteiger partial charge in [0.05, 0.1) is 25.7 Å². The normalized spacial score (nSPS) is 13.8. The number of benzene rings is 1. The molecule has 0 bridgehead atoms. The number of esters is 1. The quantitative estimate of drug-likeness (QED) is 0.574. The smallest absolute Gasteiger partial charge is 0.308 e. The fourth-order valence-corrected chi connectivity index (χ4v) is 1.89. The molecule has 112 valence electrons. The van der Waals surface area contributed by atoms with E-state index in [-0.39, 0.29) is 25.6 Å². The summed E-state index contributed by atoms with van der Waals surface area (Å²) in [5.41, 5.74) is 1.11. The van der Waals surface area contributed by atoms with Crippen molar-refractivity contribution in [3.8, 4) is 0 Å². The van der Waals surface area contributed by atoms with Crippen LogP contribution >= 0.6 is 0 Å². The summed E-state index contributed by atoms with van der Waals surface area (Å²) in [6.45, 7) is 2.26. The second-order valence-electron chi connectivity index (χ2n) is 4.64. The van der Waals surface area contributed by atoms with Gasteiger partial charge in [-0.1, -0.05) is 30.3 Å². The van der Waals surface area contributed by atoms with E-state index in [1.807, 2.05) is 30.3 Å². The van der Waals surface area contributed by atoms with Crippen molar-refractivity contribution in [1.82, 2.24) is 5.32 Å². The molecule has 1 aromatic rings. The van der Waals surface area contributed by atoms with Gasteiger partial charge in [-0.05, 0) is 18.9 Å². The highest BCUT2D eigenvalue weighted by atomic mass is 16.5. The van der Waals surface area contributed by atoms with Crippen LogP contribution in [0.1, 0.15) is 18.9 Å². The molecule has 2 unspecified atom stereocenters. The van der Waals surface area contributed by atoms with Crippen LogP contribution in [0.2, 0.25) is 0 Å². The molecule has 0 aliphatic carbocycles. The zero-order valence-corrected chi connectivity index (χ0v) is 11.8. The summed E-state index contributed by atoms with van der Waals surface area (Å²) in [7, 11) is 0. The Balaban J connectivity index is 2.32. The highest BCUT2D eigenvalue weighted by molar-refractivity contribution is 5.69. The van der Waals surface area contributed by atoms with Crippen LogP contribution in [0.3, 0.4) is 0 Å². The lowest BCUT2D eigenvalue weighted by molar-refractivity contribution is -0.145. The number of carbonyl (C=O) groups is 1. The summed E-state index contributed by atoms with van der Waals surface area (Å²) in [6, 6.07) is 9.65. The van der Waals surface area contributed by atoms with Crippen molar-refractivity contribution in [2.75, 3.05) is 19.8 Å². The van der Waals surface area contributed by atoms with E-state index in [0.717, 1.165) is 5.56 Å². The second-order valence-corrected chi connectivity index (χ2v) is 4.64. The molecule has 0 saturated heterocycles. The Morgan fingerprint density at radius 3 is 2.65 bits per heavy atom. The Bertz CT molecular complexity index is 383. The number of hydrogen-bond donors (Lipinski definition) is 3. The Morgan fingerprint density at radius 2 is 2.05 bits per heavy atom. The fraction of sp³-hybridized carbons (Fsp3) is 0.533. The summed E-state index contributed by atoms with van der Waals surface area (Å²) in [6.07, 6.45) is -0.174. The van der Waals surface area contributed by atoms with Crippen molar-refractivity contribution in [1.29, 1.82) is 0 Å². The van der Waals surface area contributed by atoms with Crippen molar-refractivity contribution < 1.29 is 19.7 Å². The molecule has 0 saturated carbocycles. The van der Waals surface area contributed by atoms with Gasteiger partial charge in [0.15, 0.2) is 0 Å². The minimum absolute atomic E-state index is 0.0268. The molecule has 20 heavy (non-hydrogen) atoms. The molecule has 5 nitrogen and oxygen atoms in total. The number of ether oxygens (including phenoxy) is 1. The lowest BCUT2D eigenvalue weighted by Crippen LogP contribution is -2.40. The molecule has 0 heterocycles. The van der Waals surface area contributed by atoms with Gasteiger partial charge in [0, 0.05) is 12.6 Å². The summed E-state index contributed by atoms with van der Waals surface area (Å²) in [5.74, 6) is -0.412. The summed E-state index contributed by atoms with van der Waals surface area (Å²) >= 11 is 0. The molecule has 0 aromatic heterocycles. The number of nitrogens with one attached hydrogen (secondary N) is 1.